The Hall–Kier alpha value is -2.38. The smallest absolute Gasteiger partial charge is 0.326 e. The number of anilines is 1. The monoisotopic (exact) mass is 369 g/mol. The van der Waals surface area contributed by atoms with Crippen molar-refractivity contribution in [2.75, 3.05) is 5.32 Å². The molecule has 8 heteroatoms. The Labute approximate surface area is 150 Å². The van der Waals surface area contributed by atoms with Gasteiger partial charge in [0.2, 0.25) is 11.8 Å². The van der Waals surface area contributed by atoms with Crippen LogP contribution in [0.25, 0.3) is 0 Å². The fourth-order valence-corrected chi connectivity index (χ4v) is 2.86. The molecule has 26 heavy (non-hydrogen) atoms. The molecule has 2 amide bonds. The number of carbonyl (C=O) groups excluding carboxylic acids is 2. The van der Waals surface area contributed by atoms with Crippen molar-refractivity contribution < 1.29 is 22.8 Å². The number of carbonyl (C=O) groups is 2. The number of nitrogens with one attached hydrogen (secondary N) is 2. The predicted octanol–water partition coefficient (Wildman–Crippen LogP) is 4.11. The minimum absolute atomic E-state index is 0.0424. The standard InChI is InChI=1S/C18H22F3N3O2/c1-12(23-24-17(26)13-6-3-2-4-7-13)10-16(25)22-15-9-5-8-14(11-15)18(19,20)21/h5,8-9,11,13H,2-4,6-7,10H2,1H3,(H,22,25)(H,24,26)/b23-12-. The number of alkyl halides is 3. The van der Waals surface area contributed by atoms with Gasteiger partial charge >= 0.3 is 6.18 Å². The zero-order chi connectivity index (χ0) is 19.2. The second-order valence-electron chi connectivity index (χ2n) is 6.46. The Balaban J connectivity index is 1.85. The second kappa shape index (κ2) is 8.82. The van der Waals surface area contributed by atoms with Crippen LogP contribution in [0.2, 0.25) is 0 Å². The Bertz CT molecular complexity index is 681. The number of benzene rings is 1. The molecule has 0 atom stereocenters. The number of hydrazone groups is 1. The number of nitrogens with zero attached hydrogens (tertiary/aromatic N) is 1. The highest BCUT2D eigenvalue weighted by Gasteiger charge is 2.30. The molecule has 5 nitrogen and oxygen atoms in total. The summed E-state index contributed by atoms with van der Waals surface area (Å²) in [6, 6.07) is 4.41. The summed E-state index contributed by atoms with van der Waals surface area (Å²) in [7, 11) is 0. The minimum Gasteiger partial charge on any atom is -0.326 e. The van der Waals surface area contributed by atoms with Crippen LogP contribution in [0, 0.1) is 5.92 Å². The van der Waals surface area contributed by atoms with Crippen LogP contribution in [0.1, 0.15) is 51.0 Å². The number of halogens is 3. The lowest BCUT2D eigenvalue weighted by Crippen LogP contribution is -2.29. The van der Waals surface area contributed by atoms with E-state index in [9.17, 15) is 22.8 Å². The van der Waals surface area contributed by atoms with Crippen LogP contribution >= 0.6 is 0 Å². The summed E-state index contributed by atoms with van der Waals surface area (Å²) in [5.41, 5.74) is 2.07. The molecule has 1 aromatic carbocycles. The molecule has 0 aromatic heterocycles. The Morgan fingerprint density at radius 2 is 1.88 bits per heavy atom. The van der Waals surface area contributed by atoms with E-state index in [0.717, 1.165) is 44.2 Å². The van der Waals surface area contributed by atoms with Crippen LogP contribution in [0.15, 0.2) is 29.4 Å². The van der Waals surface area contributed by atoms with E-state index in [1.165, 1.54) is 12.1 Å². The average Bonchev–Trinajstić information content (AvgIpc) is 2.60. The van der Waals surface area contributed by atoms with Crippen LogP contribution in [-0.2, 0) is 15.8 Å². The van der Waals surface area contributed by atoms with Gasteiger partial charge < -0.3 is 5.32 Å². The van der Waals surface area contributed by atoms with E-state index in [2.05, 4.69) is 15.8 Å². The summed E-state index contributed by atoms with van der Waals surface area (Å²) in [4.78, 5) is 23.9. The van der Waals surface area contributed by atoms with Crippen LogP contribution in [-0.4, -0.2) is 17.5 Å². The molecule has 1 fully saturated rings. The van der Waals surface area contributed by atoms with Gasteiger partial charge in [0, 0.05) is 17.3 Å². The van der Waals surface area contributed by atoms with Crippen LogP contribution in [0.3, 0.4) is 0 Å². The lowest BCUT2D eigenvalue weighted by Gasteiger charge is -2.19. The van der Waals surface area contributed by atoms with Gasteiger partial charge in [-0.2, -0.15) is 18.3 Å². The lowest BCUT2D eigenvalue weighted by atomic mass is 9.89. The van der Waals surface area contributed by atoms with Crippen molar-refractivity contribution in [2.45, 2.75) is 51.6 Å². The molecule has 0 aliphatic heterocycles. The molecule has 142 valence electrons. The fourth-order valence-electron chi connectivity index (χ4n) is 2.86. The molecule has 1 aromatic rings. The number of rotatable bonds is 5. The topological polar surface area (TPSA) is 70.6 Å². The molecule has 0 saturated heterocycles. The van der Waals surface area contributed by atoms with Gasteiger partial charge in [-0.25, -0.2) is 5.43 Å². The van der Waals surface area contributed by atoms with Crippen molar-refractivity contribution in [1.82, 2.24) is 5.43 Å². The molecular formula is C18H22F3N3O2. The molecular weight excluding hydrogens is 347 g/mol. The van der Waals surface area contributed by atoms with E-state index in [4.69, 9.17) is 0 Å². The van der Waals surface area contributed by atoms with E-state index >= 15 is 0 Å². The largest absolute Gasteiger partial charge is 0.416 e. The summed E-state index contributed by atoms with van der Waals surface area (Å²) >= 11 is 0. The molecule has 0 radical (unpaired) electrons. The highest BCUT2D eigenvalue weighted by Crippen LogP contribution is 2.30. The van der Waals surface area contributed by atoms with Gasteiger partial charge in [-0.3, -0.25) is 9.59 Å². The van der Waals surface area contributed by atoms with E-state index in [0.29, 0.717) is 5.71 Å². The van der Waals surface area contributed by atoms with Crippen molar-refractivity contribution in [2.24, 2.45) is 11.0 Å². The third kappa shape index (κ3) is 6.16. The van der Waals surface area contributed by atoms with E-state index in [1.807, 2.05) is 0 Å². The molecule has 0 bridgehead atoms. The van der Waals surface area contributed by atoms with Crippen LogP contribution in [0.5, 0.6) is 0 Å². The van der Waals surface area contributed by atoms with E-state index < -0.39 is 17.6 Å². The third-order valence-corrected chi connectivity index (χ3v) is 4.22. The molecule has 0 spiro atoms. The van der Waals surface area contributed by atoms with Gasteiger partial charge in [0.05, 0.1) is 12.0 Å². The van der Waals surface area contributed by atoms with Crippen molar-refractivity contribution >= 4 is 23.2 Å². The molecule has 1 aliphatic rings. The van der Waals surface area contributed by atoms with Crippen LogP contribution < -0.4 is 10.7 Å². The summed E-state index contributed by atoms with van der Waals surface area (Å²) in [6.45, 7) is 1.58. The van der Waals surface area contributed by atoms with Crippen molar-refractivity contribution in [3.05, 3.63) is 29.8 Å². The van der Waals surface area contributed by atoms with Crippen molar-refractivity contribution in [3.8, 4) is 0 Å². The molecule has 0 heterocycles. The summed E-state index contributed by atoms with van der Waals surface area (Å²) in [5.74, 6) is -0.695. The minimum atomic E-state index is -4.47. The Morgan fingerprint density at radius 1 is 1.19 bits per heavy atom. The average molecular weight is 369 g/mol. The first-order valence-corrected chi connectivity index (χ1v) is 8.56. The maximum Gasteiger partial charge on any atom is 0.416 e. The first-order valence-electron chi connectivity index (χ1n) is 8.56. The number of hydrogen-bond donors (Lipinski definition) is 2. The maximum atomic E-state index is 12.7. The summed E-state index contributed by atoms with van der Waals surface area (Å²) in [5, 5.41) is 6.32. The van der Waals surface area contributed by atoms with Gasteiger partial charge in [0.15, 0.2) is 0 Å². The fraction of sp³-hybridized carbons (Fsp3) is 0.500. The van der Waals surface area contributed by atoms with Gasteiger partial charge in [-0.1, -0.05) is 25.3 Å². The molecule has 1 aliphatic carbocycles. The third-order valence-electron chi connectivity index (χ3n) is 4.22. The van der Waals surface area contributed by atoms with Crippen molar-refractivity contribution in [3.63, 3.8) is 0 Å². The Kier molecular flexibility index (Phi) is 6.76. The van der Waals surface area contributed by atoms with E-state index in [-0.39, 0.29) is 23.9 Å². The maximum absolute atomic E-state index is 12.7. The van der Waals surface area contributed by atoms with Gasteiger partial charge in [0.25, 0.3) is 0 Å². The summed E-state index contributed by atoms with van der Waals surface area (Å²) in [6.07, 6.45) is 0.289. The first kappa shape index (κ1) is 19.9. The lowest BCUT2D eigenvalue weighted by molar-refractivity contribution is -0.137. The zero-order valence-corrected chi connectivity index (χ0v) is 14.5. The van der Waals surface area contributed by atoms with Crippen molar-refractivity contribution in [1.29, 1.82) is 0 Å². The first-order chi connectivity index (χ1) is 12.3. The number of amides is 2. The summed E-state index contributed by atoms with van der Waals surface area (Å²) < 4.78 is 38.0. The predicted molar refractivity (Wildman–Crippen MR) is 92.5 cm³/mol. The highest BCUT2D eigenvalue weighted by molar-refractivity contribution is 6.05. The SMILES string of the molecule is C/C(CC(=O)Nc1cccc(C(F)(F)F)c1)=N/NC(=O)C1CCCCC1. The second-order valence-corrected chi connectivity index (χ2v) is 6.46. The van der Waals surface area contributed by atoms with Gasteiger partial charge in [-0.15, -0.1) is 0 Å². The molecule has 0 unspecified atom stereocenters. The molecule has 2 rings (SSSR count). The normalized spacial score (nSPS) is 16.2. The van der Waals surface area contributed by atoms with Crippen LogP contribution in [0.4, 0.5) is 18.9 Å². The molecule has 2 N–H and O–H groups in total. The molecule has 1 saturated carbocycles. The zero-order valence-electron chi connectivity index (χ0n) is 14.5. The Morgan fingerprint density at radius 3 is 2.54 bits per heavy atom. The van der Waals surface area contributed by atoms with Gasteiger partial charge in [-0.05, 0) is 38.0 Å². The quantitative estimate of drug-likeness (QED) is 0.606. The van der Waals surface area contributed by atoms with E-state index in [1.54, 1.807) is 6.92 Å². The number of hydrogen-bond acceptors (Lipinski definition) is 3. The highest BCUT2D eigenvalue weighted by atomic mass is 19.4. The van der Waals surface area contributed by atoms with Gasteiger partial charge in [0.1, 0.15) is 0 Å².